The molecule has 9 nitrogen and oxygen atoms in total. The normalized spacial score (nSPS) is 14.3. The third-order valence-electron chi connectivity index (χ3n) is 7.56. The third-order valence-corrected chi connectivity index (χ3v) is 10.9. The van der Waals surface area contributed by atoms with Crippen LogP contribution in [0.3, 0.4) is 0 Å². The minimum absolute atomic E-state index is 0.0361. The van der Waals surface area contributed by atoms with E-state index < -0.39 is 19.7 Å². The van der Waals surface area contributed by atoms with Crippen molar-refractivity contribution >= 4 is 44.1 Å². The quantitative estimate of drug-likeness (QED) is 0.236. The van der Waals surface area contributed by atoms with E-state index >= 15 is 0 Å². The van der Waals surface area contributed by atoms with Gasteiger partial charge in [0, 0.05) is 13.1 Å². The summed E-state index contributed by atoms with van der Waals surface area (Å²) in [6, 6.07) is 22.7. The predicted octanol–water partition coefficient (Wildman–Crippen LogP) is 5.35. The maximum Gasteiger partial charge on any atom is 0.222 e. The molecule has 0 spiro atoms. The molecule has 1 aliphatic heterocycles. The molecule has 46 heavy (non-hydrogen) atoms. The summed E-state index contributed by atoms with van der Waals surface area (Å²) in [6.07, 6.45) is 7.38. The van der Waals surface area contributed by atoms with Crippen molar-refractivity contribution in [3.8, 4) is 0 Å². The van der Waals surface area contributed by atoms with E-state index in [1.807, 2.05) is 44.2 Å². The zero-order valence-electron chi connectivity index (χ0n) is 26.6. The van der Waals surface area contributed by atoms with Crippen molar-refractivity contribution in [2.45, 2.75) is 55.7 Å². The summed E-state index contributed by atoms with van der Waals surface area (Å²) in [7, 11) is -5.15. The van der Waals surface area contributed by atoms with E-state index in [4.69, 9.17) is 0 Å². The second-order valence-corrected chi connectivity index (χ2v) is 15.0. The first kappa shape index (κ1) is 36.4. The van der Waals surface area contributed by atoms with Crippen LogP contribution < -0.4 is 10.6 Å². The summed E-state index contributed by atoms with van der Waals surface area (Å²) in [5.41, 5.74) is 4.82. The summed E-state index contributed by atoms with van der Waals surface area (Å²) in [4.78, 5) is 24.0. The maximum atomic E-state index is 13.1. The topological polar surface area (TPSA) is 130 Å². The third kappa shape index (κ3) is 10.5. The Morgan fingerprint density at radius 1 is 0.826 bits per heavy atom. The van der Waals surface area contributed by atoms with Crippen molar-refractivity contribution < 1.29 is 26.4 Å². The van der Waals surface area contributed by atoms with E-state index in [1.54, 1.807) is 48.5 Å². The second kappa shape index (κ2) is 17.6. The average Bonchev–Trinajstić information content (AvgIpc) is 3.06. The first-order chi connectivity index (χ1) is 22.0. The van der Waals surface area contributed by atoms with E-state index in [1.165, 1.54) is 5.57 Å². The second-order valence-electron chi connectivity index (χ2n) is 11.1. The van der Waals surface area contributed by atoms with Gasteiger partial charge in [-0.25, -0.2) is 16.8 Å². The Kier molecular flexibility index (Phi) is 13.9. The largest absolute Gasteiger partial charge is 0.344 e. The van der Waals surface area contributed by atoms with Crippen LogP contribution in [0.15, 0.2) is 99.3 Å². The first-order valence-electron chi connectivity index (χ1n) is 15.2. The predicted molar refractivity (Wildman–Crippen MR) is 183 cm³/mol. The fourth-order valence-electron chi connectivity index (χ4n) is 4.88. The molecular formula is C35H43N3O6S2. The van der Waals surface area contributed by atoms with Crippen molar-refractivity contribution in [1.82, 2.24) is 15.5 Å². The molecule has 1 fully saturated rings. The van der Waals surface area contributed by atoms with Crippen LogP contribution in [0.4, 0.5) is 0 Å². The Labute approximate surface area is 273 Å². The fraction of sp³-hybridized carbons (Fsp3) is 0.314. The van der Waals surface area contributed by atoms with Gasteiger partial charge in [0.1, 0.15) is 10.9 Å². The van der Waals surface area contributed by atoms with Crippen LogP contribution in [0.25, 0.3) is 11.6 Å². The van der Waals surface area contributed by atoms with Crippen molar-refractivity contribution in [1.29, 1.82) is 0 Å². The van der Waals surface area contributed by atoms with Crippen LogP contribution in [0, 0.1) is 6.92 Å². The van der Waals surface area contributed by atoms with Crippen molar-refractivity contribution in [2.75, 3.05) is 26.0 Å². The minimum Gasteiger partial charge on any atom is -0.344 e. The van der Waals surface area contributed by atoms with Crippen molar-refractivity contribution in [3.05, 3.63) is 106 Å². The summed E-state index contributed by atoms with van der Waals surface area (Å²) in [5, 5.41) is 4.60. The lowest BCUT2D eigenvalue weighted by atomic mass is 10.0. The molecule has 0 unspecified atom stereocenters. The van der Waals surface area contributed by atoms with Gasteiger partial charge in [0.05, 0.1) is 9.79 Å². The number of nitrogens with one attached hydrogen (secondary N) is 2. The van der Waals surface area contributed by atoms with E-state index in [0.29, 0.717) is 24.8 Å². The molecule has 246 valence electrons. The highest BCUT2D eigenvalue weighted by Gasteiger charge is 2.25. The molecule has 0 bridgehead atoms. The van der Waals surface area contributed by atoms with Gasteiger partial charge in [-0.1, -0.05) is 85.2 Å². The number of unbranched alkanes of at least 4 members (excludes halogenated alkanes) is 1. The summed E-state index contributed by atoms with van der Waals surface area (Å²) in [6.45, 7) is 6.07. The van der Waals surface area contributed by atoms with Crippen LogP contribution in [0.5, 0.6) is 0 Å². The smallest absolute Gasteiger partial charge is 0.222 e. The van der Waals surface area contributed by atoms with Gasteiger partial charge >= 0.3 is 0 Å². The number of carbonyl (C=O) groups is 2. The number of rotatable bonds is 13. The maximum absolute atomic E-state index is 13.1. The van der Waals surface area contributed by atoms with E-state index in [-0.39, 0.29) is 20.7 Å². The Morgan fingerprint density at radius 2 is 1.43 bits per heavy atom. The van der Waals surface area contributed by atoms with Gasteiger partial charge in [-0.15, -0.1) is 0 Å². The molecule has 1 saturated heterocycles. The molecule has 11 heteroatoms. The van der Waals surface area contributed by atoms with Crippen LogP contribution >= 0.6 is 0 Å². The molecule has 3 aromatic rings. The number of benzene rings is 3. The molecule has 0 aliphatic carbocycles. The number of likely N-dealkylation sites (tertiary alicyclic amines) is 1. The van der Waals surface area contributed by atoms with Gasteiger partial charge in [0.15, 0.2) is 9.84 Å². The highest BCUT2D eigenvalue weighted by Crippen LogP contribution is 2.30. The number of piperidine rings is 1. The lowest BCUT2D eigenvalue weighted by molar-refractivity contribution is -0.109. The number of hydrogen-bond acceptors (Lipinski definition) is 7. The molecule has 0 aromatic heterocycles. The van der Waals surface area contributed by atoms with Gasteiger partial charge in [0.2, 0.25) is 22.7 Å². The number of hydrogen-bond donors (Lipinski definition) is 2. The molecule has 1 aliphatic rings. The van der Waals surface area contributed by atoms with Gasteiger partial charge < -0.3 is 15.5 Å². The van der Waals surface area contributed by atoms with Crippen molar-refractivity contribution in [2.24, 2.45) is 0 Å². The lowest BCUT2D eigenvalue weighted by Gasteiger charge is -2.24. The standard InChI is InChI=1S/C20H23NO3S.C15H20N2O3S/c1-3-4-10-19(17-8-6-5-7-9-17)20(21-15-22)25(23,24)18-13-11-16(2)12-14-18;1-17-8-6-14(7-9-17)10-13-2-4-15(5-3-13)21(19,20)12-16-11-18/h5-9,11-15H,3-4,10H2,1-2H3,(H,21,22);2-5,10-11H,6-9,12H2,1H3,(H,16,18). The highest BCUT2D eigenvalue weighted by molar-refractivity contribution is 7.95. The molecule has 2 N–H and O–H groups in total. The van der Waals surface area contributed by atoms with Gasteiger partial charge in [-0.3, -0.25) is 9.59 Å². The molecule has 0 radical (unpaired) electrons. The van der Waals surface area contributed by atoms with E-state index in [2.05, 4.69) is 28.7 Å². The zero-order valence-corrected chi connectivity index (χ0v) is 28.2. The summed E-state index contributed by atoms with van der Waals surface area (Å²) in [5.74, 6) is -0.372. The first-order valence-corrected chi connectivity index (χ1v) is 18.3. The Morgan fingerprint density at radius 3 is 2.00 bits per heavy atom. The SMILES string of the molecule is CCCCC(=C(NC=O)S(=O)(=O)c1ccc(C)cc1)c1ccccc1.CN1CCC(=Cc2ccc(S(=O)(=O)CNC=O)cc2)CC1. The molecule has 0 saturated carbocycles. The minimum atomic E-state index is -3.82. The van der Waals surface area contributed by atoms with Crippen molar-refractivity contribution in [3.63, 3.8) is 0 Å². The molecule has 2 amide bonds. The molecular weight excluding hydrogens is 623 g/mol. The number of carbonyl (C=O) groups excluding carboxylic acids is 2. The van der Waals surface area contributed by atoms with E-state index in [0.717, 1.165) is 55.5 Å². The van der Waals surface area contributed by atoms with E-state index in [9.17, 15) is 26.4 Å². The Hall–Kier alpha value is -4.06. The van der Waals surface area contributed by atoms with Gasteiger partial charge in [-0.05, 0) is 80.6 Å². The number of sulfone groups is 2. The molecule has 4 rings (SSSR count). The summed E-state index contributed by atoms with van der Waals surface area (Å²) < 4.78 is 50.0. The number of allylic oxidation sites excluding steroid dienone is 1. The molecule has 3 aromatic carbocycles. The van der Waals surface area contributed by atoms with Crippen LogP contribution in [0.1, 0.15) is 55.7 Å². The Bertz CT molecular complexity index is 1710. The fourth-order valence-corrected chi connectivity index (χ4v) is 7.36. The molecule has 0 atom stereocenters. The van der Waals surface area contributed by atoms with Gasteiger partial charge in [-0.2, -0.15) is 0 Å². The zero-order chi connectivity index (χ0) is 33.6. The monoisotopic (exact) mass is 665 g/mol. The van der Waals surface area contributed by atoms with Crippen LogP contribution in [0.2, 0.25) is 0 Å². The average molecular weight is 666 g/mol. The number of nitrogens with zero attached hydrogens (tertiary/aromatic N) is 1. The van der Waals surface area contributed by atoms with Crippen LogP contribution in [-0.4, -0.2) is 60.6 Å². The van der Waals surface area contributed by atoms with Crippen LogP contribution in [-0.2, 0) is 29.3 Å². The Balaban J connectivity index is 0.000000254. The highest BCUT2D eigenvalue weighted by atomic mass is 32.2. The number of amides is 2. The van der Waals surface area contributed by atoms with Gasteiger partial charge in [0.25, 0.3) is 0 Å². The number of aryl methyl sites for hydroxylation is 1. The molecule has 1 heterocycles. The lowest BCUT2D eigenvalue weighted by Crippen LogP contribution is -2.26. The summed E-state index contributed by atoms with van der Waals surface area (Å²) >= 11 is 0.